The lowest BCUT2D eigenvalue weighted by atomic mass is 9.95. The summed E-state index contributed by atoms with van der Waals surface area (Å²) in [6.07, 6.45) is 1.90. The van der Waals surface area contributed by atoms with Crippen molar-refractivity contribution in [3.05, 3.63) is 103 Å². The van der Waals surface area contributed by atoms with Crippen molar-refractivity contribution in [3.8, 4) is 22.3 Å². The lowest BCUT2D eigenvalue weighted by Crippen LogP contribution is -1.87. The summed E-state index contributed by atoms with van der Waals surface area (Å²) < 4.78 is 0. The molecule has 0 aliphatic heterocycles. The van der Waals surface area contributed by atoms with E-state index in [2.05, 4.69) is 96.0 Å². The van der Waals surface area contributed by atoms with Gasteiger partial charge in [-0.1, -0.05) is 84.9 Å². The van der Waals surface area contributed by atoms with Crippen molar-refractivity contribution < 1.29 is 0 Å². The molecule has 1 nitrogen and oxygen atoms in total. The second-order valence-electron chi connectivity index (χ2n) is 6.48. The standard InChI is InChI=1S/C25H17N/c1-2-6-18(7-3-1)19-10-12-21(13-11-19)23-16-17-26-24-15-14-20-8-4-5-9-22(20)25(23)24/h1-17H. The Labute approximate surface area is 152 Å². The molecule has 0 unspecified atom stereocenters. The van der Waals surface area contributed by atoms with Crippen LogP contribution in [0.1, 0.15) is 0 Å². The van der Waals surface area contributed by atoms with Gasteiger partial charge in [0, 0.05) is 11.6 Å². The number of benzene rings is 4. The third-order valence-electron chi connectivity index (χ3n) is 4.93. The van der Waals surface area contributed by atoms with Crippen LogP contribution in [0.3, 0.4) is 0 Å². The van der Waals surface area contributed by atoms with Crippen LogP contribution in [0.25, 0.3) is 43.9 Å². The van der Waals surface area contributed by atoms with E-state index in [0.717, 1.165) is 5.52 Å². The molecule has 0 spiro atoms. The van der Waals surface area contributed by atoms with Gasteiger partial charge in [0.2, 0.25) is 0 Å². The third kappa shape index (κ3) is 2.46. The molecule has 0 saturated carbocycles. The second kappa shape index (κ2) is 6.12. The van der Waals surface area contributed by atoms with Crippen LogP contribution in [0.5, 0.6) is 0 Å². The van der Waals surface area contributed by atoms with E-state index in [1.165, 1.54) is 38.4 Å². The molecule has 0 radical (unpaired) electrons. The summed E-state index contributed by atoms with van der Waals surface area (Å²) in [5, 5.41) is 3.72. The molecule has 122 valence electrons. The highest BCUT2D eigenvalue weighted by molar-refractivity contribution is 6.12. The Balaban J connectivity index is 1.71. The highest BCUT2D eigenvalue weighted by Crippen LogP contribution is 2.34. The lowest BCUT2D eigenvalue weighted by Gasteiger charge is -2.10. The van der Waals surface area contributed by atoms with Crippen LogP contribution in [0.2, 0.25) is 0 Å². The summed E-state index contributed by atoms with van der Waals surface area (Å²) in [4.78, 5) is 4.58. The molecule has 5 aromatic rings. The van der Waals surface area contributed by atoms with Gasteiger partial charge < -0.3 is 0 Å². The van der Waals surface area contributed by atoms with Crippen molar-refractivity contribution in [2.75, 3.05) is 0 Å². The van der Waals surface area contributed by atoms with Gasteiger partial charge in [-0.05, 0) is 45.2 Å². The maximum Gasteiger partial charge on any atom is 0.0714 e. The van der Waals surface area contributed by atoms with Crippen molar-refractivity contribution in [2.24, 2.45) is 0 Å². The van der Waals surface area contributed by atoms with Gasteiger partial charge in [0.05, 0.1) is 5.52 Å². The molecule has 1 aromatic heterocycles. The van der Waals surface area contributed by atoms with E-state index in [1.807, 2.05) is 12.3 Å². The number of hydrogen-bond donors (Lipinski definition) is 0. The summed E-state index contributed by atoms with van der Waals surface area (Å²) in [6.45, 7) is 0. The van der Waals surface area contributed by atoms with Crippen molar-refractivity contribution >= 4 is 21.7 Å². The molecule has 1 heterocycles. The molecule has 0 amide bonds. The van der Waals surface area contributed by atoms with Crippen LogP contribution < -0.4 is 0 Å². The van der Waals surface area contributed by atoms with Crippen molar-refractivity contribution in [2.45, 2.75) is 0 Å². The summed E-state index contributed by atoms with van der Waals surface area (Å²) in [5.41, 5.74) is 5.95. The van der Waals surface area contributed by atoms with Gasteiger partial charge in [-0.3, -0.25) is 4.98 Å². The quantitative estimate of drug-likeness (QED) is 0.327. The molecular weight excluding hydrogens is 314 g/mol. The molecular formula is C25H17N. The molecule has 0 N–H and O–H groups in total. The average molecular weight is 331 g/mol. The molecule has 26 heavy (non-hydrogen) atoms. The van der Waals surface area contributed by atoms with E-state index in [-0.39, 0.29) is 0 Å². The fraction of sp³-hybridized carbons (Fsp3) is 0. The lowest BCUT2D eigenvalue weighted by molar-refractivity contribution is 1.42. The summed E-state index contributed by atoms with van der Waals surface area (Å²) in [7, 11) is 0. The fourth-order valence-corrected chi connectivity index (χ4v) is 3.64. The van der Waals surface area contributed by atoms with Crippen molar-refractivity contribution in [1.29, 1.82) is 0 Å². The van der Waals surface area contributed by atoms with E-state index < -0.39 is 0 Å². The minimum Gasteiger partial charge on any atom is -0.256 e. The number of nitrogens with zero attached hydrogens (tertiary/aromatic N) is 1. The molecule has 0 aliphatic rings. The van der Waals surface area contributed by atoms with Crippen molar-refractivity contribution in [3.63, 3.8) is 0 Å². The number of rotatable bonds is 2. The normalized spacial score (nSPS) is 11.1. The molecule has 0 aliphatic carbocycles. The van der Waals surface area contributed by atoms with Gasteiger partial charge in [-0.25, -0.2) is 0 Å². The molecule has 4 aromatic carbocycles. The largest absolute Gasteiger partial charge is 0.256 e. The van der Waals surface area contributed by atoms with Crippen LogP contribution in [0.4, 0.5) is 0 Å². The molecule has 0 fully saturated rings. The first-order valence-electron chi connectivity index (χ1n) is 8.82. The minimum absolute atomic E-state index is 1.04. The van der Waals surface area contributed by atoms with Gasteiger partial charge in [-0.15, -0.1) is 0 Å². The molecule has 5 rings (SSSR count). The third-order valence-corrected chi connectivity index (χ3v) is 4.93. The van der Waals surface area contributed by atoms with Crippen LogP contribution in [0.15, 0.2) is 103 Å². The highest BCUT2D eigenvalue weighted by atomic mass is 14.6. The van der Waals surface area contributed by atoms with Gasteiger partial charge in [0.1, 0.15) is 0 Å². The molecule has 1 heteroatoms. The Bertz CT molecular complexity index is 1210. The summed E-state index contributed by atoms with van der Waals surface area (Å²) in [5.74, 6) is 0. The van der Waals surface area contributed by atoms with Crippen molar-refractivity contribution in [1.82, 2.24) is 4.98 Å². The number of pyridine rings is 1. The highest BCUT2D eigenvalue weighted by Gasteiger charge is 2.08. The topological polar surface area (TPSA) is 12.9 Å². The Kier molecular flexibility index (Phi) is 3.50. The Hall–Kier alpha value is -3.45. The summed E-state index contributed by atoms with van der Waals surface area (Å²) >= 11 is 0. The van der Waals surface area contributed by atoms with Gasteiger partial charge >= 0.3 is 0 Å². The van der Waals surface area contributed by atoms with Crippen LogP contribution in [-0.2, 0) is 0 Å². The van der Waals surface area contributed by atoms with Crippen LogP contribution >= 0.6 is 0 Å². The van der Waals surface area contributed by atoms with Gasteiger partial charge in [0.25, 0.3) is 0 Å². The molecule has 0 atom stereocenters. The monoisotopic (exact) mass is 331 g/mol. The Morgan fingerprint density at radius 1 is 0.500 bits per heavy atom. The number of fused-ring (bicyclic) bond motifs is 3. The first-order chi connectivity index (χ1) is 12.9. The van der Waals surface area contributed by atoms with E-state index >= 15 is 0 Å². The Morgan fingerprint density at radius 2 is 1.19 bits per heavy atom. The van der Waals surface area contributed by atoms with E-state index in [1.54, 1.807) is 0 Å². The van der Waals surface area contributed by atoms with E-state index in [0.29, 0.717) is 0 Å². The first kappa shape index (κ1) is 14.9. The first-order valence-corrected chi connectivity index (χ1v) is 8.82. The maximum absolute atomic E-state index is 4.58. The average Bonchev–Trinajstić information content (AvgIpc) is 2.74. The number of aromatic nitrogens is 1. The predicted octanol–water partition coefficient (Wildman–Crippen LogP) is 6.72. The van der Waals surface area contributed by atoms with E-state index in [9.17, 15) is 0 Å². The Morgan fingerprint density at radius 3 is 2.04 bits per heavy atom. The molecule has 0 saturated heterocycles. The van der Waals surface area contributed by atoms with E-state index in [4.69, 9.17) is 0 Å². The minimum atomic E-state index is 1.04. The zero-order valence-corrected chi connectivity index (χ0v) is 14.3. The fourth-order valence-electron chi connectivity index (χ4n) is 3.64. The summed E-state index contributed by atoms with van der Waals surface area (Å²) in [6, 6.07) is 34.2. The maximum atomic E-state index is 4.58. The zero-order chi connectivity index (χ0) is 17.3. The second-order valence-corrected chi connectivity index (χ2v) is 6.48. The predicted molar refractivity (Wildman–Crippen MR) is 110 cm³/mol. The number of hydrogen-bond acceptors (Lipinski definition) is 1. The zero-order valence-electron chi connectivity index (χ0n) is 14.3. The smallest absolute Gasteiger partial charge is 0.0714 e. The van der Waals surface area contributed by atoms with Crippen LogP contribution in [-0.4, -0.2) is 4.98 Å². The molecule has 0 bridgehead atoms. The van der Waals surface area contributed by atoms with Gasteiger partial charge in [-0.2, -0.15) is 0 Å². The van der Waals surface area contributed by atoms with Crippen LogP contribution in [0, 0.1) is 0 Å². The SMILES string of the molecule is c1ccc(-c2ccc(-c3ccnc4ccc5ccccc5c34)cc2)cc1. The van der Waals surface area contributed by atoms with Gasteiger partial charge in [0.15, 0.2) is 0 Å².